The van der Waals surface area contributed by atoms with Gasteiger partial charge in [-0.3, -0.25) is 4.79 Å². The molecule has 4 nitrogen and oxygen atoms in total. The van der Waals surface area contributed by atoms with E-state index in [0.717, 1.165) is 35.2 Å². The van der Waals surface area contributed by atoms with Crippen LogP contribution in [0, 0.1) is 0 Å². The van der Waals surface area contributed by atoms with Gasteiger partial charge in [0.1, 0.15) is 5.75 Å². The van der Waals surface area contributed by atoms with Crippen molar-refractivity contribution >= 4 is 16.8 Å². The first-order chi connectivity index (χ1) is 14.2. The summed E-state index contributed by atoms with van der Waals surface area (Å²) < 4.78 is 5.36. The third-order valence-corrected chi connectivity index (χ3v) is 5.69. The van der Waals surface area contributed by atoms with E-state index in [1.807, 2.05) is 54.6 Å². The maximum absolute atomic E-state index is 12.7. The van der Waals surface area contributed by atoms with E-state index in [2.05, 4.69) is 28.5 Å². The number of amides is 1. The van der Waals surface area contributed by atoms with Crippen molar-refractivity contribution in [3.63, 3.8) is 0 Å². The van der Waals surface area contributed by atoms with E-state index in [0.29, 0.717) is 5.56 Å². The molecule has 1 amide bonds. The molecule has 29 heavy (non-hydrogen) atoms. The van der Waals surface area contributed by atoms with Crippen molar-refractivity contribution < 1.29 is 9.53 Å². The highest BCUT2D eigenvalue weighted by atomic mass is 16.5. The summed E-state index contributed by atoms with van der Waals surface area (Å²) in [6, 6.07) is 24.2. The van der Waals surface area contributed by atoms with Gasteiger partial charge in [0.15, 0.2) is 0 Å². The Bertz CT molecular complexity index is 1180. The second-order valence-electron chi connectivity index (χ2n) is 7.52. The third-order valence-electron chi connectivity index (χ3n) is 5.69. The zero-order chi connectivity index (χ0) is 19.8. The van der Waals surface area contributed by atoms with Gasteiger partial charge in [-0.15, -0.1) is 0 Å². The maximum atomic E-state index is 12.7. The first-order valence-electron chi connectivity index (χ1n) is 9.85. The highest BCUT2D eigenvalue weighted by Gasteiger charge is 2.27. The summed E-state index contributed by atoms with van der Waals surface area (Å²) in [7, 11) is 1.68. The van der Waals surface area contributed by atoms with Gasteiger partial charge >= 0.3 is 0 Å². The molecule has 1 aliphatic carbocycles. The van der Waals surface area contributed by atoms with Gasteiger partial charge in [0, 0.05) is 34.6 Å². The van der Waals surface area contributed by atoms with Gasteiger partial charge < -0.3 is 15.0 Å². The average Bonchev–Trinajstić information content (AvgIpc) is 3.31. The van der Waals surface area contributed by atoms with E-state index in [-0.39, 0.29) is 11.9 Å². The lowest BCUT2D eigenvalue weighted by Crippen LogP contribution is -2.35. The molecule has 0 radical (unpaired) electrons. The molecule has 1 aromatic heterocycles. The normalized spacial score (nSPS) is 15.3. The number of nitrogens with one attached hydrogen (secondary N) is 2. The molecule has 0 bridgehead atoms. The Kier molecular flexibility index (Phi) is 4.32. The van der Waals surface area contributed by atoms with Gasteiger partial charge in [-0.25, -0.2) is 0 Å². The molecule has 0 aliphatic heterocycles. The SMILES string of the molecule is COc1ccc2[nH]c3c(c2c1)CC(NC(=O)c1ccc(-c2ccccc2)cc1)C3. The molecule has 0 saturated carbocycles. The van der Waals surface area contributed by atoms with Gasteiger partial charge in [0.25, 0.3) is 5.91 Å². The fourth-order valence-electron chi connectivity index (χ4n) is 4.20. The lowest BCUT2D eigenvalue weighted by Gasteiger charge is -2.13. The Labute approximate surface area is 169 Å². The van der Waals surface area contributed by atoms with Crippen molar-refractivity contribution in [2.45, 2.75) is 18.9 Å². The molecule has 1 atom stereocenters. The molecule has 0 fully saturated rings. The number of fused-ring (bicyclic) bond motifs is 3. The summed E-state index contributed by atoms with van der Waals surface area (Å²) in [6.07, 6.45) is 1.65. The highest BCUT2D eigenvalue weighted by Crippen LogP contribution is 2.32. The molecule has 3 aromatic carbocycles. The van der Waals surface area contributed by atoms with Gasteiger partial charge in [0.05, 0.1) is 7.11 Å². The highest BCUT2D eigenvalue weighted by molar-refractivity contribution is 5.95. The third kappa shape index (κ3) is 3.27. The van der Waals surface area contributed by atoms with Crippen LogP contribution in [-0.2, 0) is 12.8 Å². The van der Waals surface area contributed by atoms with Gasteiger partial charge in [-0.05, 0) is 53.4 Å². The lowest BCUT2D eigenvalue weighted by atomic mass is 10.0. The number of carbonyl (C=O) groups is 1. The minimum atomic E-state index is -0.0262. The summed E-state index contributed by atoms with van der Waals surface area (Å²) in [6.45, 7) is 0. The summed E-state index contributed by atoms with van der Waals surface area (Å²) in [4.78, 5) is 16.2. The van der Waals surface area contributed by atoms with Gasteiger partial charge in [-0.1, -0.05) is 42.5 Å². The molecule has 144 valence electrons. The van der Waals surface area contributed by atoms with Crippen molar-refractivity contribution in [3.05, 3.63) is 89.6 Å². The van der Waals surface area contributed by atoms with E-state index in [1.165, 1.54) is 16.6 Å². The number of rotatable bonds is 4. The number of carbonyl (C=O) groups excluding carboxylic acids is 1. The standard InChI is InChI=1S/C25H22N2O2/c1-29-20-11-12-23-22(15-20)21-13-19(14-24(21)27-23)26-25(28)18-9-7-17(8-10-18)16-5-3-2-4-6-16/h2-12,15,19,27H,13-14H2,1H3,(H,26,28). The van der Waals surface area contributed by atoms with Crippen LogP contribution in [0.25, 0.3) is 22.0 Å². The second-order valence-corrected chi connectivity index (χ2v) is 7.52. The molecule has 1 unspecified atom stereocenters. The monoisotopic (exact) mass is 382 g/mol. The summed E-state index contributed by atoms with van der Waals surface area (Å²) >= 11 is 0. The molecular formula is C25H22N2O2. The second kappa shape index (κ2) is 7.13. The fourth-order valence-corrected chi connectivity index (χ4v) is 4.20. The average molecular weight is 382 g/mol. The van der Waals surface area contributed by atoms with Crippen molar-refractivity contribution in [2.75, 3.05) is 7.11 Å². The molecule has 2 N–H and O–H groups in total. The Morgan fingerprint density at radius 2 is 1.72 bits per heavy atom. The van der Waals surface area contributed by atoms with E-state index in [4.69, 9.17) is 4.74 Å². The van der Waals surface area contributed by atoms with Crippen LogP contribution in [0.2, 0.25) is 0 Å². The number of aromatic nitrogens is 1. The smallest absolute Gasteiger partial charge is 0.251 e. The van der Waals surface area contributed by atoms with Crippen LogP contribution in [0.5, 0.6) is 5.75 Å². The topological polar surface area (TPSA) is 54.1 Å². The van der Waals surface area contributed by atoms with Crippen molar-refractivity contribution in [1.82, 2.24) is 10.3 Å². The molecule has 4 aromatic rings. The summed E-state index contributed by atoms with van der Waals surface area (Å²) in [5, 5.41) is 4.37. The van der Waals surface area contributed by atoms with Crippen LogP contribution in [0.4, 0.5) is 0 Å². The van der Waals surface area contributed by atoms with Crippen molar-refractivity contribution in [2.24, 2.45) is 0 Å². The fraction of sp³-hybridized carbons (Fsp3) is 0.160. The predicted molar refractivity (Wildman–Crippen MR) is 115 cm³/mol. The predicted octanol–water partition coefficient (Wildman–Crippen LogP) is 4.74. The molecule has 0 saturated heterocycles. The Morgan fingerprint density at radius 3 is 2.48 bits per heavy atom. The molecule has 1 aliphatic rings. The van der Waals surface area contributed by atoms with Crippen molar-refractivity contribution in [1.29, 1.82) is 0 Å². The van der Waals surface area contributed by atoms with Gasteiger partial charge in [-0.2, -0.15) is 0 Å². The van der Waals surface area contributed by atoms with Crippen LogP contribution in [0.15, 0.2) is 72.8 Å². The molecule has 5 rings (SSSR count). The van der Waals surface area contributed by atoms with E-state index in [9.17, 15) is 4.79 Å². The first-order valence-corrected chi connectivity index (χ1v) is 9.85. The van der Waals surface area contributed by atoms with E-state index < -0.39 is 0 Å². The van der Waals surface area contributed by atoms with Crippen LogP contribution >= 0.6 is 0 Å². The number of benzene rings is 3. The van der Waals surface area contributed by atoms with Crippen LogP contribution in [0.1, 0.15) is 21.6 Å². The van der Waals surface area contributed by atoms with Crippen LogP contribution in [-0.4, -0.2) is 24.0 Å². The van der Waals surface area contributed by atoms with Gasteiger partial charge in [0.2, 0.25) is 0 Å². The van der Waals surface area contributed by atoms with Crippen molar-refractivity contribution in [3.8, 4) is 16.9 Å². The number of hydrogen-bond acceptors (Lipinski definition) is 2. The molecule has 1 heterocycles. The van der Waals surface area contributed by atoms with Crippen LogP contribution < -0.4 is 10.1 Å². The zero-order valence-electron chi connectivity index (χ0n) is 16.2. The zero-order valence-corrected chi connectivity index (χ0v) is 16.2. The number of hydrogen-bond donors (Lipinski definition) is 2. The lowest BCUT2D eigenvalue weighted by molar-refractivity contribution is 0.0938. The minimum Gasteiger partial charge on any atom is -0.497 e. The Hall–Kier alpha value is -3.53. The largest absolute Gasteiger partial charge is 0.497 e. The number of aromatic amines is 1. The van der Waals surface area contributed by atoms with E-state index >= 15 is 0 Å². The Morgan fingerprint density at radius 1 is 0.966 bits per heavy atom. The molecule has 0 spiro atoms. The summed E-state index contributed by atoms with van der Waals surface area (Å²) in [5.41, 5.74) is 6.56. The molecular weight excluding hydrogens is 360 g/mol. The maximum Gasteiger partial charge on any atom is 0.251 e. The van der Waals surface area contributed by atoms with Crippen LogP contribution in [0.3, 0.4) is 0 Å². The number of methoxy groups -OCH3 is 1. The first kappa shape index (κ1) is 17.6. The number of H-pyrrole nitrogens is 1. The minimum absolute atomic E-state index is 0.0262. The Balaban J connectivity index is 1.30. The van der Waals surface area contributed by atoms with E-state index in [1.54, 1.807) is 7.11 Å². The summed E-state index contributed by atoms with van der Waals surface area (Å²) in [5.74, 6) is 0.826. The quantitative estimate of drug-likeness (QED) is 0.536. The number of ether oxygens (including phenoxy) is 1. The molecule has 4 heteroatoms.